The van der Waals surface area contributed by atoms with Gasteiger partial charge >= 0.3 is 0 Å². The van der Waals surface area contributed by atoms with Crippen molar-refractivity contribution in [2.45, 2.75) is 6.92 Å². The zero-order valence-corrected chi connectivity index (χ0v) is 10.8. The number of sulfone groups is 1. The largest absolute Gasteiger partial charge is 0.350 e. The zero-order chi connectivity index (χ0) is 12.9. The summed E-state index contributed by atoms with van der Waals surface area (Å²) in [6.07, 6.45) is 2.48. The standard InChI is InChI=1S/C9H12ClN3O3S/c1-2-17(15,16)4-3-11-9(14)7-5-13-8(10)6-12-7/h5-6H,2-4H2,1H3,(H,11,14). The van der Waals surface area contributed by atoms with Gasteiger partial charge < -0.3 is 5.32 Å². The third kappa shape index (κ3) is 4.66. The predicted molar refractivity (Wildman–Crippen MR) is 63.7 cm³/mol. The molecule has 0 saturated carbocycles. The lowest BCUT2D eigenvalue weighted by Crippen LogP contribution is -2.30. The Morgan fingerprint density at radius 2 is 2.12 bits per heavy atom. The summed E-state index contributed by atoms with van der Waals surface area (Å²) in [4.78, 5) is 18.9. The Kier molecular flexibility index (Phi) is 4.83. The number of nitrogens with one attached hydrogen (secondary N) is 1. The molecule has 0 aliphatic heterocycles. The Labute approximate surface area is 104 Å². The fourth-order valence-electron chi connectivity index (χ4n) is 0.984. The number of halogens is 1. The van der Waals surface area contributed by atoms with Gasteiger partial charge in [0.2, 0.25) is 0 Å². The predicted octanol–water partition coefficient (Wildman–Crippen LogP) is 0.295. The average Bonchev–Trinajstić information content (AvgIpc) is 2.29. The minimum atomic E-state index is -3.08. The number of rotatable bonds is 5. The van der Waals surface area contributed by atoms with Gasteiger partial charge in [-0.05, 0) is 0 Å². The maximum Gasteiger partial charge on any atom is 0.271 e. The van der Waals surface area contributed by atoms with Gasteiger partial charge in [-0.2, -0.15) is 0 Å². The van der Waals surface area contributed by atoms with Gasteiger partial charge in [0.05, 0.1) is 18.1 Å². The summed E-state index contributed by atoms with van der Waals surface area (Å²) in [7, 11) is -3.08. The Bertz CT molecular complexity index is 487. The Morgan fingerprint density at radius 1 is 1.41 bits per heavy atom. The van der Waals surface area contributed by atoms with Crippen molar-refractivity contribution in [1.29, 1.82) is 0 Å². The molecule has 1 aromatic heterocycles. The van der Waals surface area contributed by atoms with Crippen LogP contribution in [0, 0.1) is 0 Å². The van der Waals surface area contributed by atoms with Crippen LogP contribution in [0.3, 0.4) is 0 Å². The van der Waals surface area contributed by atoms with E-state index in [2.05, 4.69) is 15.3 Å². The number of hydrogen-bond acceptors (Lipinski definition) is 5. The Balaban J connectivity index is 2.48. The number of hydrogen-bond donors (Lipinski definition) is 1. The molecule has 0 atom stereocenters. The summed E-state index contributed by atoms with van der Waals surface area (Å²) in [6.45, 7) is 1.61. The molecule has 0 aliphatic rings. The highest BCUT2D eigenvalue weighted by molar-refractivity contribution is 7.91. The van der Waals surface area contributed by atoms with E-state index in [0.29, 0.717) is 0 Å². The summed E-state index contributed by atoms with van der Waals surface area (Å²) in [5.41, 5.74) is 0.100. The van der Waals surface area contributed by atoms with E-state index in [1.807, 2.05) is 0 Å². The normalized spacial score (nSPS) is 11.2. The molecule has 0 spiro atoms. The van der Waals surface area contributed by atoms with E-state index in [4.69, 9.17) is 11.6 Å². The zero-order valence-electron chi connectivity index (χ0n) is 9.18. The van der Waals surface area contributed by atoms with Crippen LogP contribution >= 0.6 is 11.6 Å². The molecule has 1 aromatic rings. The summed E-state index contributed by atoms with van der Waals surface area (Å²) >= 11 is 5.51. The van der Waals surface area contributed by atoms with Gasteiger partial charge in [0, 0.05) is 12.3 Å². The third-order valence-corrected chi connectivity index (χ3v) is 3.89. The van der Waals surface area contributed by atoms with E-state index >= 15 is 0 Å². The highest BCUT2D eigenvalue weighted by Crippen LogP contribution is 2.00. The van der Waals surface area contributed by atoms with Crippen LogP contribution in [-0.4, -0.2) is 42.3 Å². The molecule has 8 heteroatoms. The fourth-order valence-corrected chi connectivity index (χ4v) is 1.78. The van der Waals surface area contributed by atoms with Crippen molar-refractivity contribution in [1.82, 2.24) is 15.3 Å². The highest BCUT2D eigenvalue weighted by Gasteiger charge is 2.10. The third-order valence-electron chi connectivity index (χ3n) is 1.99. The smallest absolute Gasteiger partial charge is 0.271 e. The van der Waals surface area contributed by atoms with E-state index < -0.39 is 15.7 Å². The first-order valence-electron chi connectivity index (χ1n) is 4.91. The summed E-state index contributed by atoms with van der Waals surface area (Å²) in [6, 6.07) is 0. The Hall–Kier alpha value is -1.21. The maximum atomic E-state index is 11.5. The minimum Gasteiger partial charge on any atom is -0.350 e. The summed E-state index contributed by atoms with van der Waals surface area (Å²) in [5.74, 6) is -0.500. The van der Waals surface area contributed by atoms with Crippen LogP contribution in [0.2, 0.25) is 5.15 Å². The lowest BCUT2D eigenvalue weighted by atomic mass is 10.4. The molecule has 1 rings (SSSR count). The first kappa shape index (κ1) is 13.9. The summed E-state index contributed by atoms with van der Waals surface area (Å²) < 4.78 is 22.3. The van der Waals surface area contributed by atoms with Crippen molar-refractivity contribution in [3.05, 3.63) is 23.2 Å². The average molecular weight is 278 g/mol. The van der Waals surface area contributed by atoms with Gasteiger partial charge in [0.1, 0.15) is 10.8 Å². The van der Waals surface area contributed by atoms with Crippen LogP contribution in [0.25, 0.3) is 0 Å². The molecule has 17 heavy (non-hydrogen) atoms. The Morgan fingerprint density at radius 3 is 2.65 bits per heavy atom. The quantitative estimate of drug-likeness (QED) is 0.836. The second kappa shape index (κ2) is 5.92. The molecule has 0 fully saturated rings. The lowest BCUT2D eigenvalue weighted by Gasteiger charge is -2.04. The molecule has 0 saturated heterocycles. The topological polar surface area (TPSA) is 89.0 Å². The molecule has 1 heterocycles. The van der Waals surface area contributed by atoms with E-state index in [0.717, 1.165) is 0 Å². The monoisotopic (exact) mass is 277 g/mol. The van der Waals surface area contributed by atoms with Crippen LogP contribution in [0.1, 0.15) is 17.4 Å². The van der Waals surface area contributed by atoms with E-state index in [-0.39, 0.29) is 28.9 Å². The van der Waals surface area contributed by atoms with Crippen LogP contribution in [-0.2, 0) is 9.84 Å². The minimum absolute atomic E-state index is 0.0549. The SMILES string of the molecule is CCS(=O)(=O)CCNC(=O)c1cnc(Cl)cn1. The van der Waals surface area contributed by atoms with Crippen LogP contribution < -0.4 is 5.32 Å². The molecule has 0 unspecified atom stereocenters. The highest BCUT2D eigenvalue weighted by atomic mass is 35.5. The number of nitrogens with zero attached hydrogens (tertiary/aromatic N) is 2. The van der Waals surface area contributed by atoms with Crippen molar-refractivity contribution in [2.24, 2.45) is 0 Å². The van der Waals surface area contributed by atoms with Gasteiger partial charge in [0.15, 0.2) is 9.84 Å². The molecule has 6 nitrogen and oxygen atoms in total. The van der Waals surface area contributed by atoms with Crippen molar-refractivity contribution >= 4 is 27.3 Å². The van der Waals surface area contributed by atoms with E-state index in [1.165, 1.54) is 12.4 Å². The van der Waals surface area contributed by atoms with Crippen molar-refractivity contribution < 1.29 is 13.2 Å². The van der Waals surface area contributed by atoms with Crippen molar-refractivity contribution in [3.63, 3.8) is 0 Å². The van der Waals surface area contributed by atoms with Crippen LogP contribution in [0.15, 0.2) is 12.4 Å². The van der Waals surface area contributed by atoms with Gasteiger partial charge in [-0.1, -0.05) is 18.5 Å². The lowest BCUT2D eigenvalue weighted by molar-refractivity contribution is 0.0951. The molecule has 0 aliphatic carbocycles. The number of carbonyl (C=O) groups is 1. The van der Waals surface area contributed by atoms with E-state index in [9.17, 15) is 13.2 Å². The second-order valence-corrected chi connectivity index (χ2v) is 6.08. The molecule has 94 valence electrons. The number of aromatic nitrogens is 2. The molecule has 1 N–H and O–H groups in total. The number of carbonyl (C=O) groups excluding carboxylic acids is 1. The van der Waals surface area contributed by atoms with Crippen LogP contribution in [0.5, 0.6) is 0 Å². The van der Waals surface area contributed by atoms with Crippen LogP contribution in [0.4, 0.5) is 0 Å². The second-order valence-electron chi connectivity index (χ2n) is 3.22. The molecular formula is C9H12ClN3O3S. The van der Waals surface area contributed by atoms with Crippen molar-refractivity contribution in [2.75, 3.05) is 18.1 Å². The van der Waals surface area contributed by atoms with Gasteiger partial charge in [-0.25, -0.2) is 18.4 Å². The molecular weight excluding hydrogens is 266 g/mol. The molecule has 0 bridgehead atoms. The molecule has 0 radical (unpaired) electrons. The van der Waals surface area contributed by atoms with Gasteiger partial charge in [-0.3, -0.25) is 4.79 Å². The summed E-state index contributed by atoms with van der Waals surface area (Å²) in [5, 5.41) is 2.64. The number of amides is 1. The maximum absolute atomic E-state index is 11.5. The van der Waals surface area contributed by atoms with Gasteiger partial charge in [-0.15, -0.1) is 0 Å². The van der Waals surface area contributed by atoms with E-state index in [1.54, 1.807) is 6.92 Å². The van der Waals surface area contributed by atoms with Crippen molar-refractivity contribution in [3.8, 4) is 0 Å². The van der Waals surface area contributed by atoms with Gasteiger partial charge in [0.25, 0.3) is 5.91 Å². The first-order valence-corrected chi connectivity index (χ1v) is 7.10. The molecule has 0 aromatic carbocycles. The fraction of sp³-hybridized carbons (Fsp3) is 0.444. The molecule has 1 amide bonds. The first-order chi connectivity index (χ1) is 7.94.